The molecule has 0 radical (unpaired) electrons. The highest BCUT2D eigenvalue weighted by atomic mass is 16.5. The van der Waals surface area contributed by atoms with E-state index in [0.717, 1.165) is 12.0 Å². The Hall–Kier alpha value is -1.45. The van der Waals surface area contributed by atoms with Crippen molar-refractivity contribution in [3.05, 3.63) is 11.6 Å². The highest BCUT2D eigenvalue weighted by Gasteiger charge is 2.15. The number of nitrogens with one attached hydrogen (secondary N) is 1. The molecule has 0 aliphatic heterocycles. The van der Waals surface area contributed by atoms with Gasteiger partial charge in [-0.25, -0.2) is 4.79 Å². The molecule has 1 N–H and O–H groups in total. The maximum atomic E-state index is 11.3. The van der Waals surface area contributed by atoms with Crippen LogP contribution in [0.25, 0.3) is 0 Å². The van der Waals surface area contributed by atoms with E-state index >= 15 is 0 Å². The van der Waals surface area contributed by atoms with Gasteiger partial charge >= 0.3 is 5.97 Å². The van der Waals surface area contributed by atoms with Crippen molar-refractivity contribution in [2.75, 3.05) is 13.7 Å². The van der Waals surface area contributed by atoms with Crippen molar-refractivity contribution in [3.63, 3.8) is 0 Å². The van der Waals surface area contributed by atoms with Gasteiger partial charge in [-0.1, -0.05) is 12.5 Å². The molecule has 84 valence electrons. The van der Waals surface area contributed by atoms with E-state index in [4.69, 9.17) is 5.41 Å². The minimum atomic E-state index is -0.554. The van der Waals surface area contributed by atoms with E-state index in [0.29, 0.717) is 6.54 Å². The molecule has 0 fully saturated rings. The fourth-order valence-corrected chi connectivity index (χ4v) is 0.931. The molecule has 15 heavy (non-hydrogen) atoms. The van der Waals surface area contributed by atoms with Crippen molar-refractivity contribution < 1.29 is 9.53 Å². The van der Waals surface area contributed by atoms with Crippen LogP contribution in [-0.2, 0) is 9.53 Å². The van der Waals surface area contributed by atoms with Gasteiger partial charge in [0.15, 0.2) is 5.71 Å². The summed E-state index contributed by atoms with van der Waals surface area (Å²) in [7, 11) is 1.29. The first-order chi connectivity index (χ1) is 7.06. The molecular weight excluding hydrogens is 192 g/mol. The van der Waals surface area contributed by atoms with E-state index in [1.807, 2.05) is 20.8 Å². The molecule has 4 heteroatoms. The summed E-state index contributed by atoms with van der Waals surface area (Å²) in [5, 5.41) is 7.71. The first-order valence-electron chi connectivity index (χ1n) is 4.95. The van der Waals surface area contributed by atoms with Crippen molar-refractivity contribution in [1.29, 1.82) is 5.41 Å². The number of aliphatic imine (C=N–C) groups is 1. The van der Waals surface area contributed by atoms with E-state index in [-0.39, 0.29) is 11.4 Å². The second-order valence-electron chi connectivity index (χ2n) is 3.07. The van der Waals surface area contributed by atoms with Crippen LogP contribution in [0.1, 0.15) is 27.2 Å². The maximum absolute atomic E-state index is 11.3. The summed E-state index contributed by atoms with van der Waals surface area (Å²) < 4.78 is 4.56. The van der Waals surface area contributed by atoms with Gasteiger partial charge in [-0.2, -0.15) is 0 Å². The number of carbonyl (C=O) groups excluding carboxylic acids is 1. The lowest BCUT2D eigenvalue weighted by molar-refractivity contribution is -0.132. The molecule has 0 saturated carbocycles. The van der Waals surface area contributed by atoms with Crippen LogP contribution < -0.4 is 0 Å². The second-order valence-corrected chi connectivity index (χ2v) is 3.07. The zero-order chi connectivity index (χ0) is 11.8. The quantitative estimate of drug-likeness (QED) is 0.557. The van der Waals surface area contributed by atoms with Gasteiger partial charge in [-0.05, 0) is 26.3 Å². The van der Waals surface area contributed by atoms with Crippen molar-refractivity contribution in [3.8, 4) is 0 Å². The molecule has 0 heterocycles. The third kappa shape index (κ3) is 4.54. The SMILES string of the molecule is CCN=C(C(=N)/C=C(\C)CC)C(=O)OC. The van der Waals surface area contributed by atoms with Gasteiger partial charge in [0.2, 0.25) is 0 Å². The van der Waals surface area contributed by atoms with E-state index < -0.39 is 5.97 Å². The summed E-state index contributed by atoms with van der Waals surface area (Å²) >= 11 is 0. The van der Waals surface area contributed by atoms with Crippen molar-refractivity contribution in [1.82, 2.24) is 0 Å². The number of ether oxygens (including phenoxy) is 1. The first-order valence-corrected chi connectivity index (χ1v) is 4.95. The topological polar surface area (TPSA) is 62.5 Å². The van der Waals surface area contributed by atoms with Gasteiger partial charge in [0.1, 0.15) is 0 Å². The normalized spacial score (nSPS) is 12.5. The third-order valence-corrected chi connectivity index (χ3v) is 1.90. The Balaban J connectivity index is 4.88. The number of methoxy groups -OCH3 is 1. The van der Waals surface area contributed by atoms with E-state index in [1.54, 1.807) is 6.08 Å². The van der Waals surface area contributed by atoms with Crippen LogP contribution >= 0.6 is 0 Å². The lowest BCUT2D eigenvalue weighted by atomic mass is 10.1. The molecular formula is C11H18N2O2. The zero-order valence-corrected chi connectivity index (χ0v) is 9.76. The molecule has 0 aliphatic carbocycles. The van der Waals surface area contributed by atoms with Gasteiger partial charge in [0.05, 0.1) is 12.8 Å². The number of rotatable bonds is 5. The van der Waals surface area contributed by atoms with Crippen LogP contribution in [0.2, 0.25) is 0 Å². The van der Waals surface area contributed by atoms with Gasteiger partial charge in [-0.3, -0.25) is 10.4 Å². The fourth-order valence-electron chi connectivity index (χ4n) is 0.931. The Bertz CT molecular complexity index is 304. The Kier molecular flexibility index (Phi) is 6.25. The summed E-state index contributed by atoms with van der Waals surface area (Å²) in [6.45, 7) is 6.18. The van der Waals surface area contributed by atoms with Crippen LogP contribution in [0, 0.1) is 5.41 Å². The summed E-state index contributed by atoms with van der Waals surface area (Å²) in [5.74, 6) is -0.554. The monoisotopic (exact) mass is 210 g/mol. The lowest BCUT2D eigenvalue weighted by Gasteiger charge is -2.03. The molecule has 0 spiro atoms. The molecule has 0 bridgehead atoms. The summed E-state index contributed by atoms with van der Waals surface area (Å²) in [5.41, 5.74) is 1.24. The van der Waals surface area contributed by atoms with Gasteiger partial charge in [0.25, 0.3) is 0 Å². The van der Waals surface area contributed by atoms with Crippen LogP contribution in [0.3, 0.4) is 0 Å². The Morgan fingerprint density at radius 1 is 1.47 bits per heavy atom. The number of nitrogens with zero attached hydrogens (tertiary/aromatic N) is 1. The van der Waals surface area contributed by atoms with Crippen molar-refractivity contribution in [2.45, 2.75) is 27.2 Å². The number of esters is 1. The molecule has 0 aliphatic rings. The Morgan fingerprint density at radius 2 is 2.07 bits per heavy atom. The summed E-state index contributed by atoms with van der Waals surface area (Å²) in [6, 6.07) is 0. The second kappa shape index (κ2) is 6.92. The minimum absolute atomic E-state index is 0.0906. The molecule has 0 aromatic heterocycles. The van der Waals surface area contributed by atoms with Crippen LogP contribution in [0.5, 0.6) is 0 Å². The molecule has 0 aromatic carbocycles. The van der Waals surface area contributed by atoms with Crippen LogP contribution in [-0.4, -0.2) is 31.0 Å². The van der Waals surface area contributed by atoms with Gasteiger partial charge in [-0.15, -0.1) is 0 Å². The third-order valence-electron chi connectivity index (χ3n) is 1.90. The number of allylic oxidation sites excluding steroid dienone is 2. The van der Waals surface area contributed by atoms with Crippen LogP contribution in [0.4, 0.5) is 0 Å². The smallest absolute Gasteiger partial charge is 0.358 e. The average Bonchev–Trinajstić information content (AvgIpc) is 2.24. The van der Waals surface area contributed by atoms with Crippen LogP contribution in [0.15, 0.2) is 16.6 Å². The predicted octanol–water partition coefficient (Wildman–Crippen LogP) is 2.00. The predicted molar refractivity (Wildman–Crippen MR) is 61.8 cm³/mol. The molecule has 0 amide bonds. The average molecular weight is 210 g/mol. The summed E-state index contributed by atoms with van der Waals surface area (Å²) in [4.78, 5) is 15.2. The van der Waals surface area contributed by atoms with Crippen molar-refractivity contribution in [2.24, 2.45) is 4.99 Å². The highest BCUT2D eigenvalue weighted by molar-refractivity contribution is 6.67. The van der Waals surface area contributed by atoms with Gasteiger partial charge < -0.3 is 4.74 Å². The number of hydrogen-bond donors (Lipinski definition) is 1. The Labute approximate surface area is 90.6 Å². The number of carbonyl (C=O) groups is 1. The molecule has 0 unspecified atom stereocenters. The van der Waals surface area contributed by atoms with E-state index in [2.05, 4.69) is 9.73 Å². The number of hydrogen-bond acceptors (Lipinski definition) is 4. The van der Waals surface area contributed by atoms with Gasteiger partial charge in [0, 0.05) is 6.54 Å². The fraction of sp³-hybridized carbons (Fsp3) is 0.545. The highest BCUT2D eigenvalue weighted by Crippen LogP contribution is 2.00. The molecule has 0 rings (SSSR count). The summed E-state index contributed by atoms with van der Waals surface area (Å²) in [6.07, 6.45) is 2.49. The molecule has 0 saturated heterocycles. The molecule has 4 nitrogen and oxygen atoms in total. The van der Waals surface area contributed by atoms with E-state index in [9.17, 15) is 4.79 Å². The standard InChI is InChI=1S/C11H18N2O2/c1-5-8(3)7-9(12)10(13-6-2)11(14)15-4/h7,12H,5-6H2,1-4H3/b8-7+,12-9?,13-10?. The van der Waals surface area contributed by atoms with Crippen molar-refractivity contribution >= 4 is 17.4 Å². The van der Waals surface area contributed by atoms with E-state index in [1.165, 1.54) is 7.11 Å². The molecule has 0 atom stereocenters. The lowest BCUT2D eigenvalue weighted by Crippen LogP contribution is -2.24. The molecule has 0 aromatic rings. The minimum Gasteiger partial charge on any atom is -0.464 e. The maximum Gasteiger partial charge on any atom is 0.358 e. The largest absolute Gasteiger partial charge is 0.464 e. The zero-order valence-electron chi connectivity index (χ0n) is 9.76. The Morgan fingerprint density at radius 3 is 2.47 bits per heavy atom. The first kappa shape index (κ1) is 13.5.